The number of halogens is 1. The quantitative estimate of drug-likeness (QED) is 0.910. The highest BCUT2D eigenvalue weighted by Gasteiger charge is 2.29. The van der Waals surface area contributed by atoms with E-state index < -0.39 is 0 Å². The van der Waals surface area contributed by atoms with Crippen LogP contribution in [0, 0.1) is 5.82 Å². The molecule has 1 N–H and O–H groups in total. The summed E-state index contributed by atoms with van der Waals surface area (Å²) in [5.74, 6) is -0.393. The molecule has 1 unspecified atom stereocenters. The van der Waals surface area contributed by atoms with E-state index in [1.807, 2.05) is 6.07 Å². The minimum absolute atomic E-state index is 0.101. The molecule has 0 saturated carbocycles. The van der Waals surface area contributed by atoms with Crippen molar-refractivity contribution in [2.75, 3.05) is 19.6 Å². The second kappa shape index (κ2) is 5.64. The zero-order valence-electron chi connectivity index (χ0n) is 10.6. The highest BCUT2D eigenvalue weighted by Crippen LogP contribution is 2.25. The van der Waals surface area contributed by atoms with Gasteiger partial charge in [0.2, 0.25) is 0 Å². The number of piperazine rings is 1. The molecule has 1 aromatic carbocycles. The number of amides is 1. The average Bonchev–Trinajstić information content (AvgIpc) is 3.01. The van der Waals surface area contributed by atoms with Crippen molar-refractivity contribution in [3.8, 4) is 0 Å². The third-order valence-corrected chi connectivity index (χ3v) is 3.96. The summed E-state index contributed by atoms with van der Waals surface area (Å²) in [4.78, 5) is 14.7. The summed E-state index contributed by atoms with van der Waals surface area (Å²) in [5, 5.41) is 6.93. The van der Waals surface area contributed by atoms with E-state index in [0.29, 0.717) is 18.0 Å². The Bertz CT molecular complexity index is 604. The Labute approximate surface area is 119 Å². The molecule has 20 heavy (non-hydrogen) atoms. The zero-order valence-corrected chi connectivity index (χ0v) is 11.4. The predicted molar refractivity (Wildman–Crippen MR) is 73.0 cm³/mol. The van der Waals surface area contributed by atoms with E-state index in [-0.39, 0.29) is 17.8 Å². The number of benzene rings is 1. The first-order valence-corrected chi connectivity index (χ1v) is 7.07. The van der Waals surface area contributed by atoms with Crippen LogP contribution in [-0.2, 0) is 0 Å². The van der Waals surface area contributed by atoms with Gasteiger partial charge >= 0.3 is 0 Å². The lowest BCUT2D eigenvalue weighted by atomic mass is 10.0. The highest BCUT2D eigenvalue weighted by atomic mass is 32.1. The summed E-state index contributed by atoms with van der Waals surface area (Å²) in [6.07, 6.45) is 1.47. The summed E-state index contributed by atoms with van der Waals surface area (Å²) in [7, 11) is 0. The Kier molecular flexibility index (Phi) is 3.70. The van der Waals surface area contributed by atoms with Crippen molar-refractivity contribution in [1.29, 1.82) is 0 Å². The van der Waals surface area contributed by atoms with Crippen molar-refractivity contribution in [3.63, 3.8) is 0 Å². The first-order valence-electron chi connectivity index (χ1n) is 6.30. The molecule has 1 atom stereocenters. The van der Waals surface area contributed by atoms with Crippen LogP contribution in [-0.4, -0.2) is 40.0 Å². The second-order valence-corrected chi connectivity index (χ2v) is 5.34. The van der Waals surface area contributed by atoms with Gasteiger partial charge in [0.25, 0.3) is 5.91 Å². The van der Waals surface area contributed by atoms with E-state index in [1.54, 1.807) is 11.0 Å². The molecule has 104 valence electrons. The summed E-state index contributed by atoms with van der Waals surface area (Å²) < 4.78 is 17.1. The molecule has 1 saturated heterocycles. The maximum absolute atomic E-state index is 13.4. The highest BCUT2D eigenvalue weighted by molar-refractivity contribution is 7.07. The molecule has 1 aliphatic heterocycles. The number of hydrogen-bond acceptors (Lipinski definition) is 5. The van der Waals surface area contributed by atoms with Crippen LogP contribution >= 0.6 is 11.5 Å². The van der Waals surface area contributed by atoms with Crippen LogP contribution in [0.2, 0.25) is 0 Å². The number of nitrogens with zero attached hydrogens (tertiary/aromatic N) is 3. The smallest absolute Gasteiger partial charge is 0.267 e. The number of carbonyl (C=O) groups excluding carboxylic acids is 1. The number of nitrogens with one attached hydrogen (secondary N) is 1. The van der Waals surface area contributed by atoms with E-state index in [2.05, 4.69) is 14.9 Å². The SMILES string of the molecule is O=C(c1cnns1)N1CCNCC1c1cccc(F)c1. The normalized spacial score (nSPS) is 19.1. The van der Waals surface area contributed by atoms with Crippen LogP contribution in [0.1, 0.15) is 21.3 Å². The number of rotatable bonds is 2. The molecule has 3 rings (SSSR count). The lowest BCUT2D eigenvalue weighted by Gasteiger charge is -2.36. The fourth-order valence-electron chi connectivity index (χ4n) is 2.36. The summed E-state index contributed by atoms with van der Waals surface area (Å²) in [5.41, 5.74) is 0.794. The van der Waals surface area contributed by atoms with Gasteiger partial charge in [-0.05, 0) is 29.2 Å². The Morgan fingerprint density at radius 2 is 2.40 bits per heavy atom. The van der Waals surface area contributed by atoms with E-state index >= 15 is 0 Å². The molecule has 0 radical (unpaired) electrons. The maximum atomic E-state index is 13.4. The van der Waals surface area contributed by atoms with Gasteiger partial charge in [0.05, 0.1) is 12.2 Å². The summed E-state index contributed by atoms with van der Waals surface area (Å²) in [6.45, 7) is 1.92. The third-order valence-electron chi connectivity index (χ3n) is 3.31. The number of carbonyl (C=O) groups is 1. The molecule has 0 spiro atoms. The minimum Gasteiger partial charge on any atom is -0.328 e. The first kappa shape index (κ1) is 13.1. The molecule has 1 amide bonds. The van der Waals surface area contributed by atoms with Gasteiger partial charge in [-0.25, -0.2) is 4.39 Å². The molecule has 0 aliphatic carbocycles. The third kappa shape index (κ3) is 2.54. The fourth-order valence-corrected chi connectivity index (χ4v) is 2.83. The fraction of sp³-hybridized carbons (Fsp3) is 0.308. The van der Waals surface area contributed by atoms with E-state index in [1.165, 1.54) is 18.3 Å². The molecule has 2 heterocycles. The topological polar surface area (TPSA) is 58.1 Å². The molecule has 5 nitrogen and oxygen atoms in total. The summed E-state index contributed by atoms with van der Waals surface area (Å²) in [6, 6.07) is 6.21. The van der Waals surface area contributed by atoms with Gasteiger partial charge in [-0.2, -0.15) is 0 Å². The van der Waals surface area contributed by atoms with Crippen molar-refractivity contribution < 1.29 is 9.18 Å². The molecule has 7 heteroatoms. The molecule has 1 aromatic heterocycles. The lowest BCUT2D eigenvalue weighted by molar-refractivity contribution is 0.0638. The minimum atomic E-state index is -0.292. The Balaban J connectivity index is 1.89. The van der Waals surface area contributed by atoms with Crippen molar-refractivity contribution in [1.82, 2.24) is 19.8 Å². The number of hydrogen-bond donors (Lipinski definition) is 1. The van der Waals surface area contributed by atoms with E-state index in [0.717, 1.165) is 23.6 Å². The van der Waals surface area contributed by atoms with Gasteiger partial charge in [0, 0.05) is 19.6 Å². The van der Waals surface area contributed by atoms with Gasteiger partial charge in [-0.15, -0.1) is 5.10 Å². The standard InChI is InChI=1S/C13H13FN4OS/c14-10-3-1-2-9(6-10)11-7-15-4-5-18(11)13(19)12-8-16-17-20-12/h1-3,6,8,11,15H,4-5,7H2. The molecule has 2 aromatic rings. The van der Waals surface area contributed by atoms with Crippen molar-refractivity contribution >= 4 is 17.4 Å². The molecular formula is C13H13FN4OS. The van der Waals surface area contributed by atoms with Gasteiger partial charge in [-0.3, -0.25) is 4.79 Å². The van der Waals surface area contributed by atoms with Gasteiger partial charge in [0.1, 0.15) is 10.7 Å². The number of aromatic nitrogens is 2. The summed E-state index contributed by atoms with van der Waals surface area (Å²) >= 11 is 1.08. The van der Waals surface area contributed by atoms with Crippen LogP contribution in [0.15, 0.2) is 30.5 Å². The van der Waals surface area contributed by atoms with Crippen LogP contribution in [0.3, 0.4) is 0 Å². The Hall–Kier alpha value is -1.86. The van der Waals surface area contributed by atoms with Crippen LogP contribution in [0.5, 0.6) is 0 Å². The van der Waals surface area contributed by atoms with E-state index in [9.17, 15) is 9.18 Å². The van der Waals surface area contributed by atoms with Crippen LogP contribution in [0.25, 0.3) is 0 Å². The predicted octanol–water partition coefficient (Wildman–Crippen LogP) is 1.46. The van der Waals surface area contributed by atoms with E-state index in [4.69, 9.17) is 0 Å². The van der Waals surface area contributed by atoms with Crippen molar-refractivity contribution in [2.24, 2.45) is 0 Å². The molecule has 1 fully saturated rings. The second-order valence-electron chi connectivity index (χ2n) is 4.56. The van der Waals surface area contributed by atoms with Gasteiger partial charge in [0.15, 0.2) is 0 Å². The lowest BCUT2D eigenvalue weighted by Crippen LogP contribution is -2.48. The monoisotopic (exact) mass is 292 g/mol. The van der Waals surface area contributed by atoms with Gasteiger partial charge in [-0.1, -0.05) is 16.6 Å². The van der Waals surface area contributed by atoms with Gasteiger partial charge < -0.3 is 10.2 Å². The first-order chi connectivity index (χ1) is 9.75. The average molecular weight is 292 g/mol. The Morgan fingerprint density at radius 3 is 3.15 bits per heavy atom. The Morgan fingerprint density at radius 1 is 1.50 bits per heavy atom. The molecular weight excluding hydrogens is 279 g/mol. The maximum Gasteiger partial charge on any atom is 0.267 e. The molecule has 1 aliphatic rings. The van der Waals surface area contributed by atoms with Crippen LogP contribution < -0.4 is 5.32 Å². The van der Waals surface area contributed by atoms with Crippen LogP contribution in [0.4, 0.5) is 4.39 Å². The largest absolute Gasteiger partial charge is 0.328 e. The zero-order chi connectivity index (χ0) is 13.9. The van der Waals surface area contributed by atoms with Crippen molar-refractivity contribution in [2.45, 2.75) is 6.04 Å². The molecule has 0 bridgehead atoms. The van der Waals surface area contributed by atoms with Crippen molar-refractivity contribution in [3.05, 3.63) is 46.7 Å².